The van der Waals surface area contributed by atoms with Gasteiger partial charge in [-0.2, -0.15) is 0 Å². The minimum atomic E-state index is 0.819. The second kappa shape index (κ2) is 5.38. The van der Waals surface area contributed by atoms with Crippen molar-refractivity contribution in [1.29, 1.82) is 0 Å². The van der Waals surface area contributed by atoms with Crippen LogP contribution in [0.5, 0.6) is 0 Å². The van der Waals surface area contributed by atoms with Gasteiger partial charge in [0.1, 0.15) is 0 Å². The first kappa shape index (κ1) is 10.8. The smallest absolute Gasteiger partial charge is 0.0557 e. The molecule has 2 unspecified atom stereocenters. The lowest BCUT2D eigenvalue weighted by Gasteiger charge is -2.33. The van der Waals surface area contributed by atoms with Crippen LogP contribution in [-0.4, -0.2) is 42.2 Å². The molecule has 0 aliphatic carbocycles. The molecule has 0 radical (unpaired) electrons. The Balaban J connectivity index is 1.87. The van der Waals surface area contributed by atoms with Crippen LogP contribution in [0.25, 0.3) is 0 Å². The normalized spacial score (nSPS) is 36.6. The molecular formula is C11H22N2S. The van der Waals surface area contributed by atoms with Gasteiger partial charge >= 0.3 is 0 Å². The molecule has 0 spiro atoms. The average Bonchev–Trinajstić information content (AvgIpc) is 2.44. The summed E-state index contributed by atoms with van der Waals surface area (Å²) in [4.78, 5) is 2.70. The first-order valence-corrected chi connectivity index (χ1v) is 6.97. The van der Waals surface area contributed by atoms with Crippen LogP contribution in [0.3, 0.4) is 0 Å². The Morgan fingerprint density at radius 1 is 1.36 bits per heavy atom. The second-order valence-electron chi connectivity index (χ2n) is 4.63. The van der Waals surface area contributed by atoms with Crippen molar-refractivity contribution in [2.75, 3.05) is 31.9 Å². The van der Waals surface area contributed by atoms with Crippen molar-refractivity contribution in [3.63, 3.8) is 0 Å². The van der Waals surface area contributed by atoms with Crippen molar-refractivity contribution >= 4 is 11.8 Å². The summed E-state index contributed by atoms with van der Waals surface area (Å²) in [5.41, 5.74) is 0. The topological polar surface area (TPSA) is 15.3 Å². The van der Waals surface area contributed by atoms with E-state index < -0.39 is 0 Å². The number of nitrogens with zero attached hydrogens (tertiary/aromatic N) is 1. The van der Waals surface area contributed by atoms with Crippen LogP contribution in [0.2, 0.25) is 0 Å². The van der Waals surface area contributed by atoms with Crippen molar-refractivity contribution in [2.45, 2.75) is 31.6 Å². The fourth-order valence-corrected chi connectivity index (χ4v) is 3.78. The van der Waals surface area contributed by atoms with Gasteiger partial charge in [0, 0.05) is 19.6 Å². The van der Waals surface area contributed by atoms with Crippen LogP contribution in [0.15, 0.2) is 0 Å². The molecule has 0 bridgehead atoms. The number of thioether (sulfide) groups is 1. The minimum Gasteiger partial charge on any atom is -0.315 e. The highest BCUT2D eigenvalue weighted by atomic mass is 32.2. The molecule has 0 amide bonds. The molecule has 1 N–H and O–H groups in total. The molecule has 14 heavy (non-hydrogen) atoms. The molecule has 2 aliphatic heterocycles. The summed E-state index contributed by atoms with van der Waals surface area (Å²) in [7, 11) is 0. The van der Waals surface area contributed by atoms with Crippen molar-refractivity contribution in [1.82, 2.24) is 10.2 Å². The first-order chi connectivity index (χ1) is 6.86. The minimum absolute atomic E-state index is 0.819. The van der Waals surface area contributed by atoms with Gasteiger partial charge in [0.15, 0.2) is 0 Å². The van der Waals surface area contributed by atoms with Gasteiger partial charge in [-0.25, -0.2) is 0 Å². The molecule has 2 rings (SSSR count). The Morgan fingerprint density at radius 3 is 3.07 bits per heavy atom. The van der Waals surface area contributed by atoms with Gasteiger partial charge in [0.05, 0.1) is 5.37 Å². The summed E-state index contributed by atoms with van der Waals surface area (Å²) < 4.78 is 0. The van der Waals surface area contributed by atoms with Gasteiger partial charge in [0.2, 0.25) is 0 Å². The van der Waals surface area contributed by atoms with E-state index in [1.165, 1.54) is 51.2 Å². The third-order valence-corrected chi connectivity index (χ3v) is 4.62. The Kier molecular flexibility index (Phi) is 4.14. The zero-order chi connectivity index (χ0) is 9.80. The van der Waals surface area contributed by atoms with E-state index >= 15 is 0 Å². The molecule has 0 aromatic rings. The summed E-state index contributed by atoms with van der Waals surface area (Å²) in [6.07, 6.45) is 4.29. The SMILES string of the molecule is CC1CNCCN(C2CCCCS2)C1. The van der Waals surface area contributed by atoms with Crippen molar-refractivity contribution in [3.05, 3.63) is 0 Å². The van der Waals surface area contributed by atoms with Crippen LogP contribution in [-0.2, 0) is 0 Å². The molecule has 82 valence electrons. The predicted molar refractivity (Wildman–Crippen MR) is 63.7 cm³/mol. The molecule has 2 fully saturated rings. The summed E-state index contributed by atoms with van der Waals surface area (Å²) in [5.74, 6) is 2.20. The quantitative estimate of drug-likeness (QED) is 0.716. The van der Waals surface area contributed by atoms with Gasteiger partial charge in [-0.15, -0.1) is 11.8 Å². The Labute approximate surface area is 91.8 Å². The van der Waals surface area contributed by atoms with Crippen molar-refractivity contribution in [2.24, 2.45) is 5.92 Å². The second-order valence-corrected chi connectivity index (χ2v) is 5.91. The zero-order valence-corrected chi connectivity index (χ0v) is 9.98. The van der Waals surface area contributed by atoms with E-state index in [1.807, 2.05) is 0 Å². The van der Waals surface area contributed by atoms with Crippen molar-refractivity contribution < 1.29 is 0 Å². The van der Waals surface area contributed by atoms with E-state index in [-0.39, 0.29) is 0 Å². The number of hydrogen-bond donors (Lipinski definition) is 1. The standard InChI is InChI=1S/C11H22N2S/c1-10-8-12-5-6-13(9-10)11-4-2-3-7-14-11/h10-12H,2-9H2,1H3. The third kappa shape index (κ3) is 2.88. The van der Waals surface area contributed by atoms with Gasteiger partial charge in [-0.3, -0.25) is 4.90 Å². The van der Waals surface area contributed by atoms with Gasteiger partial charge in [-0.05, 0) is 31.1 Å². The lowest BCUT2D eigenvalue weighted by molar-refractivity contribution is 0.234. The number of hydrogen-bond acceptors (Lipinski definition) is 3. The maximum atomic E-state index is 3.52. The summed E-state index contributed by atoms with van der Waals surface area (Å²) in [5, 5.41) is 4.34. The van der Waals surface area contributed by atoms with Crippen LogP contribution in [0.1, 0.15) is 26.2 Å². The summed E-state index contributed by atoms with van der Waals surface area (Å²) >= 11 is 2.18. The van der Waals surface area contributed by atoms with E-state index in [0.29, 0.717) is 0 Å². The molecule has 0 aromatic carbocycles. The maximum absolute atomic E-state index is 3.52. The predicted octanol–water partition coefficient (Wildman–Crippen LogP) is 1.77. The third-order valence-electron chi connectivity index (χ3n) is 3.18. The Bertz CT molecular complexity index is 169. The van der Waals surface area contributed by atoms with Crippen LogP contribution in [0, 0.1) is 5.92 Å². The molecule has 3 heteroatoms. The molecule has 0 saturated carbocycles. The van der Waals surface area contributed by atoms with Gasteiger partial charge in [-0.1, -0.05) is 13.3 Å². The highest BCUT2D eigenvalue weighted by Gasteiger charge is 2.24. The lowest BCUT2D eigenvalue weighted by Crippen LogP contribution is -2.38. The Hall–Kier alpha value is 0.270. The molecule has 2 heterocycles. The van der Waals surface area contributed by atoms with E-state index in [4.69, 9.17) is 0 Å². The average molecular weight is 214 g/mol. The molecule has 0 aromatic heterocycles. The highest BCUT2D eigenvalue weighted by molar-refractivity contribution is 7.99. The van der Waals surface area contributed by atoms with Gasteiger partial charge < -0.3 is 5.32 Å². The van der Waals surface area contributed by atoms with Crippen LogP contribution < -0.4 is 5.32 Å². The fourth-order valence-electron chi connectivity index (χ4n) is 2.40. The van der Waals surface area contributed by atoms with E-state index in [1.54, 1.807) is 0 Å². The van der Waals surface area contributed by atoms with Crippen LogP contribution in [0.4, 0.5) is 0 Å². The molecule has 2 saturated heterocycles. The van der Waals surface area contributed by atoms with Gasteiger partial charge in [0.25, 0.3) is 0 Å². The van der Waals surface area contributed by atoms with E-state index in [0.717, 1.165) is 11.3 Å². The molecule has 2 aliphatic rings. The van der Waals surface area contributed by atoms with E-state index in [9.17, 15) is 0 Å². The zero-order valence-electron chi connectivity index (χ0n) is 9.17. The number of nitrogens with one attached hydrogen (secondary N) is 1. The molecule has 2 atom stereocenters. The maximum Gasteiger partial charge on any atom is 0.0557 e. The summed E-state index contributed by atoms with van der Waals surface area (Å²) in [6, 6.07) is 0. The van der Waals surface area contributed by atoms with Crippen molar-refractivity contribution in [3.8, 4) is 0 Å². The highest BCUT2D eigenvalue weighted by Crippen LogP contribution is 2.28. The summed E-state index contributed by atoms with van der Waals surface area (Å²) in [6.45, 7) is 7.29. The first-order valence-electron chi connectivity index (χ1n) is 5.92. The lowest BCUT2D eigenvalue weighted by atomic mass is 10.1. The Morgan fingerprint density at radius 2 is 2.29 bits per heavy atom. The molecular weight excluding hydrogens is 192 g/mol. The molecule has 2 nitrogen and oxygen atoms in total. The van der Waals surface area contributed by atoms with Crippen LogP contribution >= 0.6 is 11.8 Å². The number of rotatable bonds is 1. The largest absolute Gasteiger partial charge is 0.315 e. The van der Waals surface area contributed by atoms with E-state index in [2.05, 4.69) is 28.9 Å². The fraction of sp³-hybridized carbons (Fsp3) is 1.00. The monoisotopic (exact) mass is 214 g/mol.